The van der Waals surface area contributed by atoms with Crippen molar-refractivity contribution in [2.75, 3.05) is 27.3 Å². The van der Waals surface area contributed by atoms with Gasteiger partial charge in [-0.3, -0.25) is 4.79 Å². The summed E-state index contributed by atoms with van der Waals surface area (Å²) < 4.78 is 15.9. The minimum atomic E-state index is -0.228. The molecule has 1 aliphatic rings. The zero-order valence-electron chi connectivity index (χ0n) is 14.5. The van der Waals surface area contributed by atoms with Gasteiger partial charge in [0.25, 0.3) is 5.91 Å². The van der Waals surface area contributed by atoms with Gasteiger partial charge in [-0.15, -0.1) is 0 Å². The molecule has 7 nitrogen and oxygen atoms in total. The van der Waals surface area contributed by atoms with E-state index in [4.69, 9.17) is 13.9 Å². The Hall–Kier alpha value is -2.54. The van der Waals surface area contributed by atoms with Gasteiger partial charge < -0.3 is 24.5 Å². The third kappa shape index (κ3) is 4.11. The Morgan fingerprint density at radius 2 is 2.20 bits per heavy atom. The number of nitrogens with one attached hydrogen (secondary N) is 2. The Morgan fingerprint density at radius 1 is 1.36 bits per heavy atom. The summed E-state index contributed by atoms with van der Waals surface area (Å²) in [5.74, 6) is 1.72. The van der Waals surface area contributed by atoms with E-state index in [9.17, 15) is 4.79 Å². The molecule has 7 heteroatoms. The second-order valence-corrected chi connectivity index (χ2v) is 5.92. The molecule has 1 unspecified atom stereocenters. The van der Waals surface area contributed by atoms with Crippen molar-refractivity contribution in [2.24, 2.45) is 0 Å². The fourth-order valence-electron chi connectivity index (χ4n) is 2.89. The van der Waals surface area contributed by atoms with Crippen LogP contribution in [0, 0.1) is 0 Å². The molecule has 0 bridgehead atoms. The van der Waals surface area contributed by atoms with Crippen molar-refractivity contribution in [2.45, 2.75) is 25.3 Å². The smallest absolute Gasteiger partial charge is 0.273 e. The number of aromatic nitrogens is 1. The Bertz CT molecular complexity index is 723. The monoisotopic (exact) mass is 345 g/mol. The lowest BCUT2D eigenvalue weighted by Crippen LogP contribution is -2.26. The first-order valence-corrected chi connectivity index (χ1v) is 8.39. The van der Waals surface area contributed by atoms with Gasteiger partial charge in [-0.1, -0.05) is 6.07 Å². The minimum Gasteiger partial charge on any atom is -0.493 e. The second kappa shape index (κ2) is 8.02. The summed E-state index contributed by atoms with van der Waals surface area (Å²) in [6.07, 6.45) is 4.18. The SMILES string of the molecule is COc1ccc(CCNC(=O)c2coc(C3CCCN3)n2)cc1OC. The summed E-state index contributed by atoms with van der Waals surface area (Å²) in [5.41, 5.74) is 1.37. The van der Waals surface area contributed by atoms with Crippen molar-refractivity contribution >= 4 is 5.91 Å². The first kappa shape index (κ1) is 17.3. The number of ether oxygens (including phenoxy) is 2. The maximum atomic E-state index is 12.2. The highest BCUT2D eigenvalue weighted by Crippen LogP contribution is 2.27. The van der Waals surface area contributed by atoms with Crippen molar-refractivity contribution in [3.63, 3.8) is 0 Å². The number of rotatable bonds is 7. The van der Waals surface area contributed by atoms with Gasteiger partial charge in [0.2, 0.25) is 5.89 Å². The quantitative estimate of drug-likeness (QED) is 0.799. The molecule has 0 aliphatic carbocycles. The largest absolute Gasteiger partial charge is 0.493 e. The summed E-state index contributed by atoms with van der Waals surface area (Å²) in [5, 5.41) is 6.16. The number of carbonyl (C=O) groups is 1. The van der Waals surface area contributed by atoms with E-state index in [1.54, 1.807) is 14.2 Å². The van der Waals surface area contributed by atoms with Crippen molar-refractivity contribution in [3.8, 4) is 11.5 Å². The maximum absolute atomic E-state index is 12.2. The molecule has 1 saturated heterocycles. The number of benzene rings is 1. The van der Waals surface area contributed by atoms with Crippen LogP contribution in [0.25, 0.3) is 0 Å². The van der Waals surface area contributed by atoms with Gasteiger partial charge in [0.1, 0.15) is 6.26 Å². The van der Waals surface area contributed by atoms with Crippen molar-refractivity contribution in [1.82, 2.24) is 15.6 Å². The molecule has 0 radical (unpaired) electrons. The highest BCUT2D eigenvalue weighted by Gasteiger charge is 2.22. The van der Waals surface area contributed by atoms with Crippen LogP contribution in [0.2, 0.25) is 0 Å². The molecule has 1 amide bonds. The van der Waals surface area contributed by atoms with E-state index >= 15 is 0 Å². The van der Waals surface area contributed by atoms with Crippen molar-refractivity contribution < 1.29 is 18.7 Å². The van der Waals surface area contributed by atoms with Crippen molar-refractivity contribution in [1.29, 1.82) is 0 Å². The number of carbonyl (C=O) groups excluding carboxylic acids is 1. The molecule has 1 fully saturated rings. The Morgan fingerprint density at radius 3 is 2.92 bits per heavy atom. The van der Waals surface area contributed by atoms with E-state index in [2.05, 4.69) is 15.6 Å². The van der Waals surface area contributed by atoms with Crippen LogP contribution < -0.4 is 20.1 Å². The van der Waals surface area contributed by atoms with E-state index in [0.29, 0.717) is 36.0 Å². The molecule has 134 valence electrons. The lowest BCUT2D eigenvalue weighted by atomic mass is 10.1. The molecule has 0 spiro atoms. The van der Waals surface area contributed by atoms with Crippen LogP contribution in [-0.2, 0) is 6.42 Å². The predicted molar refractivity (Wildman–Crippen MR) is 92.1 cm³/mol. The fourth-order valence-corrected chi connectivity index (χ4v) is 2.89. The van der Waals surface area contributed by atoms with Gasteiger partial charge in [0.15, 0.2) is 17.2 Å². The molecule has 2 N–H and O–H groups in total. The number of hydrogen-bond acceptors (Lipinski definition) is 6. The molecular weight excluding hydrogens is 322 g/mol. The normalized spacial score (nSPS) is 16.6. The zero-order valence-corrected chi connectivity index (χ0v) is 14.5. The van der Waals surface area contributed by atoms with E-state index in [1.165, 1.54) is 6.26 Å². The first-order chi connectivity index (χ1) is 12.2. The Kier molecular flexibility index (Phi) is 5.55. The van der Waals surface area contributed by atoms with Gasteiger partial charge in [-0.05, 0) is 43.5 Å². The molecule has 25 heavy (non-hydrogen) atoms. The standard InChI is InChI=1S/C18H23N3O4/c1-23-15-6-5-12(10-16(15)24-2)7-9-20-17(22)14-11-25-18(21-14)13-4-3-8-19-13/h5-6,10-11,13,19H,3-4,7-9H2,1-2H3,(H,20,22). The highest BCUT2D eigenvalue weighted by atomic mass is 16.5. The summed E-state index contributed by atoms with van der Waals surface area (Å²) in [6.45, 7) is 1.46. The number of oxazole rings is 1. The Balaban J connectivity index is 1.52. The zero-order chi connectivity index (χ0) is 17.6. The average Bonchev–Trinajstić information content (AvgIpc) is 3.32. The average molecular weight is 345 g/mol. The van der Waals surface area contributed by atoms with Gasteiger partial charge in [-0.25, -0.2) is 4.98 Å². The lowest BCUT2D eigenvalue weighted by Gasteiger charge is -2.09. The van der Waals surface area contributed by atoms with Crippen LogP contribution in [0.4, 0.5) is 0 Å². The molecule has 1 aliphatic heterocycles. The molecule has 3 rings (SSSR count). The van der Waals surface area contributed by atoms with Crippen LogP contribution in [0.5, 0.6) is 11.5 Å². The molecular formula is C18H23N3O4. The van der Waals surface area contributed by atoms with Crippen LogP contribution >= 0.6 is 0 Å². The van der Waals surface area contributed by atoms with Gasteiger partial charge >= 0.3 is 0 Å². The number of amides is 1. The molecule has 1 atom stereocenters. The molecule has 1 aromatic heterocycles. The van der Waals surface area contributed by atoms with Crippen LogP contribution in [0.3, 0.4) is 0 Å². The second-order valence-electron chi connectivity index (χ2n) is 5.92. The van der Waals surface area contributed by atoms with E-state index in [0.717, 1.165) is 24.9 Å². The topological polar surface area (TPSA) is 85.6 Å². The van der Waals surface area contributed by atoms with E-state index in [1.807, 2.05) is 18.2 Å². The number of hydrogen-bond donors (Lipinski definition) is 2. The van der Waals surface area contributed by atoms with Gasteiger partial charge in [0.05, 0.1) is 20.3 Å². The lowest BCUT2D eigenvalue weighted by molar-refractivity contribution is 0.0949. The van der Waals surface area contributed by atoms with Crippen LogP contribution in [0.1, 0.15) is 40.8 Å². The summed E-state index contributed by atoms with van der Waals surface area (Å²) in [4.78, 5) is 16.5. The fraction of sp³-hybridized carbons (Fsp3) is 0.444. The van der Waals surface area contributed by atoms with Crippen LogP contribution in [-0.4, -0.2) is 38.2 Å². The molecule has 2 heterocycles. The van der Waals surface area contributed by atoms with E-state index < -0.39 is 0 Å². The van der Waals surface area contributed by atoms with E-state index in [-0.39, 0.29) is 11.9 Å². The van der Waals surface area contributed by atoms with Crippen LogP contribution in [0.15, 0.2) is 28.9 Å². The number of methoxy groups -OCH3 is 2. The minimum absolute atomic E-state index is 0.119. The molecule has 2 aromatic rings. The first-order valence-electron chi connectivity index (χ1n) is 8.39. The molecule has 0 saturated carbocycles. The van der Waals surface area contributed by atoms with Gasteiger partial charge in [-0.2, -0.15) is 0 Å². The van der Waals surface area contributed by atoms with Crippen molar-refractivity contribution in [3.05, 3.63) is 41.6 Å². The molecule has 1 aromatic carbocycles. The third-order valence-electron chi connectivity index (χ3n) is 4.26. The summed E-state index contributed by atoms with van der Waals surface area (Å²) in [6, 6.07) is 5.83. The predicted octanol–water partition coefficient (Wildman–Crippen LogP) is 2.09. The third-order valence-corrected chi connectivity index (χ3v) is 4.26. The summed E-state index contributed by atoms with van der Waals surface area (Å²) in [7, 11) is 3.20. The summed E-state index contributed by atoms with van der Waals surface area (Å²) >= 11 is 0. The van der Waals surface area contributed by atoms with Gasteiger partial charge in [0, 0.05) is 6.54 Å². The highest BCUT2D eigenvalue weighted by molar-refractivity contribution is 5.91. The maximum Gasteiger partial charge on any atom is 0.273 e. The number of nitrogens with zero attached hydrogens (tertiary/aromatic N) is 1. The Labute approximate surface area is 146 Å².